The molecule has 2 aromatic rings. The zero-order valence-electron chi connectivity index (χ0n) is 11.6. The van der Waals surface area contributed by atoms with Crippen molar-refractivity contribution in [3.8, 4) is 0 Å². The molecule has 2 aromatic carbocycles. The molecule has 3 rings (SSSR count). The Hall–Kier alpha value is -2.24. The van der Waals surface area contributed by atoms with Gasteiger partial charge < -0.3 is 4.74 Å². The third-order valence-electron chi connectivity index (χ3n) is 3.69. The Labute approximate surface area is 122 Å². The summed E-state index contributed by atoms with van der Waals surface area (Å²) in [4.78, 5) is 10.3. The molecule has 1 heterocycles. The SMILES string of the molecule is C[C@@H]1N[C@H](c2ccc([N+](=O)[O-])cc2)O[C@@H]1c1ccccc1. The number of nitrogens with one attached hydrogen (secondary N) is 1. The van der Waals surface area contributed by atoms with E-state index in [1.807, 2.05) is 30.3 Å². The molecular weight excluding hydrogens is 268 g/mol. The van der Waals surface area contributed by atoms with Gasteiger partial charge in [0.25, 0.3) is 5.69 Å². The summed E-state index contributed by atoms with van der Waals surface area (Å²) in [5.74, 6) is 0. The predicted octanol–water partition coefficient (Wildman–Crippen LogP) is 3.34. The van der Waals surface area contributed by atoms with Crippen molar-refractivity contribution in [2.45, 2.75) is 25.3 Å². The highest BCUT2D eigenvalue weighted by Gasteiger charge is 2.33. The van der Waals surface area contributed by atoms with Crippen LogP contribution in [0.4, 0.5) is 5.69 Å². The lowest BCUT2D eigenvalue weighted by Gasteiger charge is -2.14. The van der Waals surface area contributed by atoms with Gasteiger partial charge in [0.05, 0.1) is 4.92 Å². The predicted molar refractivity (Wildman–Crippen MR) is 78.7 cm³/mol. The van der Waals surface area contributed by atoms with Gasteiger partial charge in [-0.1, -0.05) is 30.3 Å². The molecule has 0 saturated carbocycles. The average molecular weight is 284 g/mol. The lowest BCUT2D eigenvalue weighted by molar-refractivity contribution is -0.384. The summed E-state index contributed by atoms with van der Waals surface area (Å²) in [6, 6.07) is 16.7. The van der Waals surface area contributed by atoms with Crippen LogP contribution in [0, 0.1) is 10.1 Å². The van der Waals surface area contributed by atoms with Crippen LogP contribution in [0.25, 0.3) is 0 Å². The smallest absolute Gasteiger partial charge is 0.269 e. The Morgan fingerprint density at radius 1 is 1.05 bits per heavy atom. The normalized spacial score (nSPS) is 24.9. The molecule has 0 aliphatic carbocycles. The van der Waals surface area contributed by atoms with Crippen LogP contribution in [-0.2, 0) is 4.74 Å². The molecular formula is C16H16N2O3. The van der Waals surface area contributed by atoms with Crippen molar-refractivity contribution < 1.29 is 9.66 Å². The first-order valence-electron chi connectivity index (χ1n) is 6.86. The third-order valence-corrected chi connectivity index (χ3v) is 3.69. The largest absolute Gasteiger partial charge is 0.350 e. The van der Waals surface area contributed by atoms with Crippen molar-refractivity contribution in [3.05, 3.63) is 75.8 Å². The molecule has 1 aliphatic rings. The Morgan fingerprint density at radius 3 is 2.33 bits per heavy atom. The first-order chi connectivity index (χ1) is 10.1. The van der Waals surface area contributed by atoms with E-state index in [0.29, 0.717) is 0 Å². The number of ether oxygens (including phenoxy) is 1. The number of nitro benzene ring substituents is 1. The second-order valence-corrected chi connectivity index (χ2v) is 5.15. The molecule has 3 atom stereocenters. The maximum Gasteiger partial charge on any atom is 0.269 e. The van der Waals surface area contributed by atoms with Crippen molar-refractivity contribution >= 4 is 5.69 Å². The first kappa shape index (κ1) is 13.7. The number of nitro groups is 1. The zero-order chi connectivity index (χ0) is 14.8. The fourth-order valence-electron chi connectivity index (χ4n) is 2.59. The van der Waals surface area contributed by atoms with E-state index in [2.05, 4.69) is 12.2 Å². The number of nitrogens with zero attached hydrogens (tertiary/aromatic N) is 1. The molecule has 108 valence electrons. The molecule has 0 spiro atoms. The van der Waals surface area contributed by atoms with Crippen molar-refractivity contribution in [2.75, 3.05) is 0 Å². The zero-order valence-corrected chi connectivity index (χ0v) is 11.6. The van der Waals surface area contributed by atoms with Crippen molar-refractivity contribution in [1.82, 2.24) is 5.32 Å². The van der Waals surface area contributed by atoms with Gasteiger partial charge in [-0.05, 0) is 30.2 Å². The molecule has 21 heavy (non-hydrogen) atoms. The van der Waals surface area contributed by atoms with Crippen LogP contribution < -0.4 is 5.32 Å². The first-order valence-corrected chi connectivity index (χ1v) is 6.86. The second kappa shape index (κ2) is 5.63. The van der Waals surface area contributed by atoms with E-state index < -0.39 is 4.92 Å². The van der Waals surface area contributed by atoms with Crippen LogP contribution in [0.5, 0.6) is 0 Å². The Morgan fingerprint density at radius 2 is 1.71 bits per heavy atom. The highest BCUT2D eigenvalue weighted by Crippen LogP contribution is 2.35. The van der Waals surface area contributed by atoms with Crippen LogP contribution in [0.1, 0.15) is 30.4 Å². The number of non-ortho nitro benzene ring substituents is 1. The fourth-order valence-corrected chi connectivity index (χ4v) is 2.59. The van der Waals surface area contributed by atoms with E-state index in [-0.39, 0.29) is 24.1 Å². The van der Waals surface area contributed by atoms with E-state index in [1.165, 1.54) is 12.1 Å². The van der Waals surface area contributed by atoms with Gasteiger partial charge in [0.1, 0.15) is 12.3 Å². The molecule has 0 unspecified atom stereocenters. The lowest BCUT2D eigenvalue weighted by atomic mass is 10.0. The molecule has 1 aliphatic heterocycles. The monoisotopic (exact) mass is 284 g/mol. The summed E-state index contributed by atoms with van der Waals surface area (Å²) in [6.07, 6.45) is -0.266. The van der Waals surface area contributed by atoms with Gasteiger partial charge in [0, 0.05) is 18.2 Å². The molecule has 1 saturated heterocycles. The van der Waals surface area contributed by atoms with Gasteiger partial charge in [0.2, 0.25) is 0 Å². The standard InChI is InChI=1S/C16H16N2O3/c1-11-15(12-5-3-2-4-6-12)21-16(17-11)13-7-9-14(10-8-13)18(19)20/h2-11,15-17H,1H3/t11-,15-,16-/m0/s1. The molecule has 1 N–H and O–H groups in total. The highest BCUT2D eigenvalue weighted by molar-refractivity contribution is 5.34. The van der Waals surface area contributed by atoms with Gasteiger partial charge in [-0.15, -0.1) is 0 Å². The van der Waals surface area contributed by atoms with Crippen molar-refractivity contribution in [2.24, 2.45) is 0 Å². The summed E-state index contributed by atoms with van der Waals surface area (Å²) in [5, 5.41) is 14.1. The Bertz CT molecular complexity index is 628. The molecule has 5 nitrogen and oxygen atoms in total. The van der Waals surface area contributed by atoms with E-state index in [0.717, 1.165) is 11.1 Å². The molecule has 0 bridgehead atoms. The minimum atomic E-state index is -0.401. The van der Waals surface area contributed by atoms with Crippen molar-refractivity contribution in [3.63, 3.8) is 0 Å². The Balaban J connectivity index is 1.78. The van der Waals surface area contributed by atoms with Crippen LogP contribution in [0.3, 0.4) is 0 Å². The molecule has 0 amide bonds. The van der Waals surface area contributed by atoms with Crippen LogP contribution >= 0.6 is 0 Å². The van der Waals surface area contributed by atoms with Gasteiger partial charge in [0.15, 0.2) is 0 Å². The maximum absolute atomic E-state index is 10.7. The minimum absolute atomic E-state index is 0.0219. The van der Waals surface area contributed by atoms with Crippen LogP contribution in [-0.4, -0.2) is 11.0 Å². The van der Waals surface area contributed by atoms with Gasteiger partial charge in [-0.2, -0.15) is 0 Å². The van der Waals surface area contributed by atoms with E-state index in [4.69, 9.17) is 4.74 Å². The van der Waals surface area contributed by atoms with E-state index in [9.17, 15) is 10.1 Å². The van der Waals surface area contributed by atoms with E-state index in [1.54, 1.807) is 12.1 Å². The number of rotatable bonds is 3. The van der Waals surface area contributed by atoms with Gasteiger partial charge >= 0.3 is 0 Å². The maximum atomic E-state index is 10.7. The molecule has 0 aromatic heterocycles. The molecule has 1 fully saturated rings. The fraction of sp³-hybridized carbons (Fsp3) is 0.250. The summed E-state index contributed by atoms with van der Waals surface area (Å²) >= 11 is 0. The van der Waals surface area contributed by atoms with E-state index >= 15 is 0 Å². The topological polar surface area (TPSA) is 64.4 Å². The Kier molecular flexibility index (Phi) is 3.68. The summed E-state index contributed by atoms with van der Waals surface area (Å²) in [5.41, 5.74) is 2.11. The summed E-state index contributed by atoms with van der Waals surface area (Å²) < 4.78 is 6.07. The number of hydrogen-bond donors (Lipinski definition) is 1. The van der Waals surface area contributed by atoms with Gasteiger partial charge in [-0.25, -0.2) is 0 Å². The number of benzene rings is 2. The summed E-state index contributed by atoms with van der Waals surface area (Å²) in [7, 11) is 0. The summed E-state index contributed by atoms with van der Waals surface area (Å²) in [6.45, 7) is 2.07. The second-order valence-electron chi connectivity index (χ2n) is 5.15. The number of hydrogen-bond acceptors (Lipinski definition) is 4. The average Bonchev–Trinajstić information content (AvgIpc) is 2.90. The van der Waals surface area contributed by atoms with Crippen LogP contribution in [0.2, 0.25) is 0 Å². The van der Waals surface area contributed by atoms with Crippen LogP contribution in [0.15, 0.2) is 54.6 Å². The van der Waals surface area contributed by atoms with Gasteiger partial charge in [-0.3, -0.25) is 15.4 Å². The van der Waals surface area contributed by atoms with Crippen molar-refractivity contribution in [1.29, 1.82) is 0 Å². The minimum Gasteiger partial charge on any atom is -0.350 e. The third kappa shape index (κ3) is 2.79. The molecule has 5 heteroatoms. The lowest BCUT2D eigenvalue weighted by Crippen LogP contribution is -2.23. The molecule has 0 radical (unpaired) electrons. The quantitative estimate of drug-likeness (QED) is 0.693. The highest BCUT2D eigenvalue weighted by atomic mass is 16.6.